The number of hydrogen-bond acceptors (Lipinski definition) is 3. The minimum absolute atomic E-state index is 0.0000387. The Morgan fingerprint density at radius 3 is 2.48 bits per heavy atom. The molecule has 0 aliphatic carbocycles. The van der Waals surface area contributed by atoms with E-state index >= 15 is 0 Å². The Kier molecular flexibility index (Phi) is 7.60. The van der Waals surface area contributed by atoms with Crippen molar-refractivity contribution < 1.29 is 22.7 Å². The van der Waals surface area contributed by atoms with E-state index in [2.05, 4.69) is 18.7 Å². The molecule has 164 valence electrons. The van der Waals surface area contributed by atoms with E-state index in [0.717, 1.165) is 18.9 Å². The Hall–Kier alpha value is -1.76. The summed E-state index contributed by atoms with van der Waals surface area (Å²) in [5.41, 5.74) is -0.892. The molecule has 0 unspecified atom stereocenters. The smallest absolute Gasteiger partial charge is 0.416 e. The number of piperidine rings is 1. The maximum Gasteiger partial charge on any atom is 0.416 e. The number of rotatable bonds is 5. The van der Waals surface area contributed by atoms with Crippen molar-refractivity contribution in [3.05, 3.63) is 35.4 Å². The van der Waals surface area contributed by atoms with Crippen molar-refractivity contribution in [2.75, 3.05) is 19.6 Å². The van der Waals surface area contributed by atoms with Gasteiger partial charge in [0.15, 0.2) is 0 Å². The van der Waals surface area contributed by atoms with Crippen molar-refractivity contribution in [2.24, 2.45) is 5.92 Å². The fourth-order valence-electron chi connectivity index (χ4n) is 3.71. The van der Waals surface area contributed by atoms with Gasteiger partial charge in [0.25, 0.3) is 0 Å². The van der Waals surface area contributed by atoms with E-state index in [1.54, 1.807) is 17.0 Å². The Morgan fingerprint density at radius 1 is 1.24 bits per heavy atom. The van der Waals surface area contributed by atoms with Gasteiger partial charge in [-0.05, 0) is 51.2 Å². The van der Waals surface area contributed by atoms with Crippen LogP contribution in [-0.2, 0) is 17.5 Å². The van der Waals surface area contributed by atoms with E-state index < -0.39 is 17.3 Å². The van der Waals surface area contributed by atoms with Gasteiger partial charge in [0, 0.05) is 32.2 Å². The van der Waals surface area contributed by atoms with Crippen LogP contribution in [0.15, 0.2) is 24.3 Å². The van der Waals surface area contributed by atoms with Gasteiger partial charge in [0.1, 0.15) is 5.60 Å². The number of carbonyl (C=O) groups is 1. The molecule has 1 atom stereocenters. The maximum absolute atomic E-state index is 13.4. The van der Waals surface area contributed by atoms with Crippen LogP contribution in [0.1, 0.15) is 58.6 Å². The largest absolute Gasteiger partial charge is 0.444 e. The molecular weight excluding hydrogens is 381 g/mol. The number of likely N-dealkylation sites (tertiary alicyclic amines) is 1. The highest BCUT2D eigenvalue weighted by Gasteiger charge is 2.35. The van der Waals surface area contributed by atoms with Crippen molar-refractivity contribution in [3.8, 4) is 0 Å². The van der Waals surface area contributed by atoms with Crippen LogP contribution in [0.2, 0.25) is 0 Å². The van der Waals surface area contributed by atoms with Gasteiger partial charge < -0.3 is 9.64 Å². The molecular formula is C22H33F3N2O2. The molecule has 0 aromatic heterocycles. The van der Waals surface area contributed by atoms with Gasteiger partial charge in [-0.3, -0.25) is 4.90 Å². The molecule has 1 aromatic rings. The van der Waals surface area contributed by atoms with Crippen molar-refractivity contribution >= 4 is 6.09 Å². The molecule has 7 heteroatoms. The van der Waals surface area contributed by atoms with Crippen LogP contribution in [0, 0.1) is 5.92 Å². The zero-order chi connectivity index (χ0) is 21.8. The summed E-state index contributed by atoms with van der Waals surface area (Å²) in [6.45, 7) is 11.5. The lowest BCUT2D eigenvalue weighted by molar-refractivity contribution is -0.138. The van der Waals surface area contributed by atoms with Crippen molar-refractivity contribution in [2.45, 2.75) is 71.8 Å². The zero-order valence-electron chi connectivity index (χ0n) is 18.1. The summed E-state index contributed by atoms with van der Waals surface area (Å²) in [4.78, 5) is 16.3. The standard InChI is InChI=1S/C22H33F3N2O2/c1-16(2)13-27(14-17-9-6-7-11-19(17)22(23,24)25)18-10-8-12-26(15-18)20(28)29-21(3,4)5/h6-7,9,11,16,18H,8,10,12-15H2,1-5H3/t18-/m0/s1. The van der Waals surface area contributed by atoms with E-state index in [4.69, 9.17) is 4.74 Å². The molecule has 1 amide bonds. The van der Waals surface area contributed by atoms with E-state index in [0.29, 0.717) is 25.6 Å². The number of hydrogen-bond donors (Lipinski definition) is 0. The molecule has 0 bridgehead atoms. The van der Waals surface area contributed by atoms with Gasteiger partial charge in [-0.1, -0.05) is 32.0 Å². The summed E-state index contributed by atoms with van der Waals surface area (Å²) in [6, 6.07) is 5.75. The maximum atomic E-state index is 13.4. The Balaban J connectivity index is 2.19. The highest BCUT2D eigenvalue weighted by Crippen LogP contribution is 2.33. The first kappa shape index (κ1) is 23.5. The monoisotopic (exact) mass is 414 g/mol. The molecule has 0 saturated carbocycles. The number of halogens is 3. The van der Waals surface area contributed by atoms with Crippen LogP contribution in [0.4, 0.5) is 18.0 Å². The number of nitrogens with zero attached hydrogens (tertiary/aromatic N) is 2. The first-order valence-electron chi connectivity index (χ1n) is 10.2. The highest BCUT2D eigenvalue weighted by molar-refractivity contribution is 5.68. The van der Waals surface area contributed by atoms with E-state index in [1.165, 1.54) is 6.07 Å². The molecule has 1 aliphatic heterocycles. The summed E-state index contributed by atoms with van der Waals surface area (Å²) in [6.07, 6.45) is -3.09. The first-order valence-corrected chi connectivity index (χ1v) is 10.2. The third-order valence-electron chi connectivity index (χ3n) is 4.86. The minimum atomic E-state index is -4.38. The summed E-state index contributed by atoms with van der Waals surface area (Å²) in [7, 11) is 0. The lowest BCUT2D eigenvalue weighted by atomic mass is 10.00. The second-order valence-corrected chi connectivity index (χ2v) is 9.20. The molecule has 1 saturated heterocycles. The molecule has 0 spiro atoms. The number of amides is 1. The van der Waals surface area contributed by atoms with E-state index in [9.17, 15) is 18.0 Å². The summed E-state index contributed by atoms with van der Waals surface area (Å²) < 4.78 is 45.8. The number of alkyl halides is 3. The van der Waals surface area contributed by atoms with Crippen LogP contribution >= 0.6 is 0 Å². The lowest BCUT2D eigenvalue weighted by Crippen LogP contribution is -2.51. The minimum Gasteiger partial charge on any atom is -0.444 e. The molecule has 4 nitrogen and oxygen atoms in total. The van der Waals surface area contributed by atoms with Crippen molar-refractivity contribution in [3.63, 3.8) is 0 Å². The quantitative estimate of drug-likeness (QED) is 0.632. The Bertz CT molecular complexity index is 683. The number of ether oxygens (including phenoxy) is 1. The fraction of sp³-hybridized carbons (Fsp3) is 0.682. The van der Waals surface area contributed by atoms with Gasteiger partial charge in [-0.2, -0.15) is 13.2 Å². The predicted octanol–water partition coefficient (Wildman–Crippen LogP) is 5.56. The summed E-state index contributed by atoms with van der Waals surface area (Å²) in [5, 5.41) is 0. The van der Waals surface area contributed by atoms with Gasteiger partial charge in [-0.15, -0.1) is 0 Å². The summed E-state index contributed by atoms with van der Waals surface area (Å²) in [5.74, 6) is 0.296. The molecule has 29 heavy (non-hydrogen) atoms. The van der Waals surface area contributed by atoms with Crippen LogP contribution in [0.25, 0.3) is 0 Å². The molecule has 1 aromatic carbocycles. The highest BCUT2D eigenvalue weighted by atomic mass is 19.4. The molecule has 1 heterocycles. The Labute approximate surface area is 172 Å². The third kappa shape index (κ3) is 7.21. The van der Waals surface area contributed by atoms with Crippen molar-refractivity contribution in [1.82, 2.24) is 9.80 Å². The average Bonchev–Trinajstić information content (AvgIpc) is 2.59. The SMILES string of the molecule is CC(C)CN(Cc1ccccc1C(F)(F)F)[C@H]1CCCN(C(=O)OC(C)(C)C)C1. The normalized spacial score (nSPS) is 18.4. The van der Waals surface area contributed by atoms with Crippen LogP contribution < -0.4 is 0 Å². The molecule has 0 radical (unpaired) electrons. The fourth-order valence-corrected chi connectivity index (χ4v) is 3.71. The second-order valence-electron chi connectivity index (χ2n) is 9.20. The van der Waals surface area contributed by atoms with Crippen molar-refractivity contribution in [1.29, 1.82) is 0 Å². The molecule has 2 rings (SSSR count). The second kappa shape index (κ2) is 9.37. The van der Waals surface area contributed by atoms with Crippen LogP contribution in [0.3, 0.4) is 0 Å². The van der Waals surface area contributed by atoms with Crippen LogP contribution in [-0.4, -0.2) is 47.2 Å². The van der Waals surface area contributed by atoms with Gasteiger partial charge in [-0.25, -0.2) is 4.79 Å². The lowest BCUT2D eigenvalue weighted by Gasteiger charge is -2.40. The topological polar surface area (TPSA) is 32.8 Å². The first-order chi connectivity index (χ1) is 13.4. The zero-order valence-corrected chi connectivity index (χ0v) is 18.1. The molecule has 1 fully saturated rings. The summed E-state index contributed by atoms with van der Waals surface area (Å²) >= 11 is 0. The van der Waals surface area contributed by atoms with E-state index in [-0.39, 0.29) is 24.2 Å². The van der Waals surface area contributed by atoms with Gasteiger partial charge in [0.2, 0.25) is 0 Å². The molecule has 1 aliphatic rings. The number of benzene rings is 1. The van der Waals surface area contributed by atoms with Crippen LogP contribution in [0.5, 0.6) is 0 Å². The number of carbonyl (C=O) groups excluding carboxylic acids is 1. The third-order valence-corrected chi connectivity index (χ3v) is 4.86. The molecule has 0 N–H and O–H groups in total. The van der Waals surface area contributed by atoms with Gasteiger partial charge >= 0.3 is 12.3 Å². The predicted molar refractivity (Wildman–Crippen MR) is 108 cm³/mol. The van der Waals surface area contributed by atoms with Gasteiger partial charge in [0.05, 0.1) is 5.56 Å². The van der Waals surface area contributed by atoms with E-state index in [1.807, 2.05) is 20.8 Å². The Morgan fingerprint density at radius 2 is 1.90 bits per heavy atom. The average molecular weight is 415 g/mol.